The van der Waals surface area contributed by atoms with Gasteiger partial charge in [0.05, 0.1) is 50.1 Å². The van der Waals surface area contributed by atoms with E-state index in [0.717, 1.165) is 78.5 Å². The Morgan fingerprint density at radius 2 is 1.66 bits per heavy atom. The monoisotopic (exact) mass is 869 g/mol. The highest BCUT2D eigenvalue weighted by Crippen LogP contribution is 2.47. The summed E-state index contributed by atoms with van der Waals surface area (Å²) >= 11 is 6.48. The lowest BCUT2D eigenvalue weighted by molar-refractivity contribution is -0.0213. The van der Waals surface area contributed by atoms with Crippen LogP contribution in [0.3, 0.4) is 0 Å². The summed E-state index contributed by atoms with van der Waals surface area (Å²) in [5.74, 6) is 2.44. The molecule has 4 aliphatic rings. The van der Waals surface area contributed by atoms with Crippen LogP contribution in [-0.4, -0.2) is 76.8 Å². The molecule has 4 aromatic carbocycles. The first kappa shape index (κ1) is 42.9. The molecule has 11 nitrogen and oxygen atoms in total. The number of esters is 1. The van der Waals surface area contributed by atoms with E-state index in [9.17, 15) is 13.2 Å². The Labute approximate surface area is 365 Å². The second-order valence-corrected chi connectivity index (χ2v) is 19.9. The van der Waals surface area contributed by atoms with Crippen molar-refractivity contribution in [3.8, 4) is 17.2 Å². The number of hydrogen-bond acceptors (Lipinski definition) is 10. The standard InChI is InChI=1S/C48H56ClN3O8S/c1-32(61(54,55)52(27-33-8-16-40(56-2)17-9-33)28-34-10-18-41(57-3)19-11-34)7-15-39-26-46(60-50-39)42-20-12-37(42)29-51-30-48(23-5-6-35-24-38(49)14-21-43(35)48)31-59-45-22-13-36(25-44(45)51)47(53)58-4/h8-11,13-14,16-19,21-22,24-25,32,37,42,46H,5-7,12,15,20,23,26-31H2,1-4H3/t32-,37+,42-,46+,48+/m1/s1. The lowest BCUT2D eigenvalue weighted by Crippen LogP contribution is -2.49. The molecule has 2 aliphatic heterocycles. The van der Waals surface area contributed by atoms with E-state index in [0.29, 0.717) is 48.8 Å². The molecular formula is C48H56ClN3O8S. The maximum Gasteiger partial charge on any atom is 0.337 e. The van der Waals surface area contributed by atoms with Crippen LogP contribution in [0, 0.1) is 11.8 Å². The first-order valence-corrected chi connectivity index (χ1v) is 23.2. The van der Waals surface area contributed by atoms with Crippen molar-refractivity contribution in [3.05, 3.63) is 118 Å². The highest BCUT2D eigenvalue weighted by molar-refractivity contribution is 7.89. The zero-order valence-corrected chi connectivity index (χ0v) is 37.1. The Hall–Kier alpha value is -4.78. The van der Waals surface area contributed by atoms with Gasteiger partial charge in [0.25, 0.3) is 0 Å². The molecule has 1 spiro atoms. The van der Waals surface area contributed by atoms with Crippen molar-refractivity contribution in [1.29, 1.82) is 0 Å². The molecule has 13 heteroatoms. The summed E-state index contributed by atoms with van der Waals surface area (Å²) in [5.41, 5.74) is 6.38. The fraction of sp³-hybridized carbons (Fsp3) is 0.458. The van der Waals surface area contributed by atoms with Crippen molar-refractivity contribution in [2.75, 3.05) is 45.9 Å². The highest BCUT2D eigenvalue weighted by atomic mass is 35.5. The molecule has 5 atom stereocenters. The van der Waals surface area contributed by atoms with Gasteiger partial charge in [0.1, 0.15) is 23.4 Å². The quantitative estimate of drug-likeness (QED) is 0.108. The van der Waals surface area contributed by atoms with Crippen molar-refractivity contribution in [2.24, 2.45) is 17.0 Å². The number of ether oxygens (including phenoxy) is 4. The molecular weight excluding hydrogens is 814 g/mol. The smallest absolute Gasteiger partial charge is 0.337 e. The summed E-state index contributed by atoms with van der Waals surface area (Å²) in [6.07, 6.45) is 6.66. The van der Waals surface area contributed by atoms with Gasteiger partial charge in [0.15, 0.2) is 0 Å². The van der Waals surface area contributed by atoms with Crippen LogP contribution in [0.15, 0.2) is 90.1 Å². The van der Waals surface area contributed by atoms with Gasteiger partial charge in [-0.2, -0.15) is 4.31 Å². The number of oxime groups is 1. The van der Waals surface area contributed by atoms with Crippen molar-refractivity contribution < 1.29 is 37.0 Å². The zero-order chi connectivity index (χ0) is 42.7. The number of anilines is 1. The van der Waals surface area contributed by atoms with E-state index in [1.165, 1.54) is 18.2 Å². The van der Waals surface area contributed by atoms with Gasteiger partial charge >= 0.3 is 5.97 Å². The van der Waals surface area contributed by atoms with E-state index in [4.69, 9.17) is 35.4 Å². The van der Waals surface area contributed by atoms with Crippen LogP contribution >= 0.6 is 11.6 Å². The fourth-order valence-corrected chi connectivity index (χ4v) is 11.4. The van der Waals surface area contributed by atoms with Crippen LogP contribution in [0.1, 0.15) is 84.5 Å². The van der Waals surface area contributed by atoms with Crippen molar-refractivity contribution >= 4 is 39.0 Å². The zero-order valence-electron chi connectivity index (χ0n) is 35.5. The topological polar surface area (TPSA) is 116 Å². The molecule has 0 N–H and O–H groups in total. The summed E-state index contributed by atoms with van der Waals surface area (Å²) in [6.45, 7) is 4.32. The molecule has 0 radical (unpaired) electrons. The lowest BCUT2D eigenvalue weighted by Gasteiger charge is -2.45. The molecule has 2 aliphatic carbocycles. The Kier molecular flexibility index (Phi) is 12.9. The molecule has 1 saturated carbocycles. The van der Waals surface area contributed by atoms with Gasteiger partial charge in [0, 0.05) is 49.0 Å². The Balaban J connectivity index is 0.939. The number of carbonyl (C=O) groups is 1. The number of carbonyl (C=O) groups excluding carboxylic acids is 1. The maximum atomic E-state index is 14.3. The van der Waals surface area contributed by atoms with Crippen LogP contribution < -0.4 is 19.1 Å². The predicted octanol–water partition coefficient (Wildman–Crippen LogP) is 8.99. The van der Waals surface area contributed by atoms with E-state index in [1.807, 2.05) is 66.7 Å². The molecule has 0 unspecified atom stereocenters. The van der Waals surface area contributed by atoms with Gasteiger partial charge in [-0.3, -0.25) is 0 Å². The molecule has 4 aromatic rings. The summed E-state index contributed by atoms with van der Waals surface area (Å²) in [7, 11) is 0.913. The third-order valence-corrected chi connectivity index (χ3v) is 15.8. The molecule has 0 amide bonds. The van der Waals surface area contributed by atoms with Crippen LogP contribution in [0.5, 0.6) is 17.2 Å². The molecule has 0 saturated heterocycles. The van der Waals surface area contributed by atoms with Gasteiger partial charge in [0.2, 0.25) is 10.0 Å². The first-order chi connectivity index (χ1) is 29.5. The average Bonchev–Trinajstić information content (AvgIpc) is 3.67. The third kappa shape index (κ3) is 9.22. The second kappa shape index (κ2) is 18.3. The SMILES string of the molecule is COC(=O)c1ccc2c(c1)N(C[C@@H]1CC[C@H]1[C@@H]1CC(CC[C@@H](C)S(=O)(=O)N(Cc3ccc(OC)cc3)Cc3ccc(OC)cc3)=NO1)C[C@@]1(CCCc3cc(Cl)ccc31)CO2. The number of fused-ring (bicyclic) bond motifs is 3. The highest BCUT2D eigenvalue weighted by Gasteiger charge is 2.46. The van der Waals surface area contributed by atoms with Gasteiger partial charge in [-0.05, 0) is 135 Å². The summed E-state index contributed by atoms with van der Waals surface area (Å²) in [4.78, 5) is 21.3. The summed E-state index contributed by atoms with van der Waals surface area (Å²) < 4.78 is 52.6. The van der Waals surface area contributed by atoms with Gasteiger partial charge in [-0.15, -0.1) is 0 Å². The van der Waals surface area contributed by atoms with Gasteiger partial charge in [-0.25, -0.2) is 13.2 Å². The van der Waals surface area contributed by atoms with E-state index < -0.39 is 15.3 Å². The number of hydrogen-bond donors (Lipinski definition) is 0. The lowest BCUT2D eigenvalue weighted by atomic mass is 9.68. The molecule has 1 fully saturated rings. The van der Waals surface area contributed by atoms with Crippen LogP contribution in [0.2, 0.25) is 5.02 Å². The van der Waals surface area contributed by atoms with Crippen LogP contribution in [-0.2, 0) is 44.5 Å². The fourth-order valence-electron chi connectivity index (χ4n) is 9.66. The van der Waals surface area contributed by atoms with Crippen LogP contribution in [0.25, 0.3) is 0 Å². The van der Waals surface area contributed by atoms with Gasteiger partial charge in [-0.1, -0.05) is 47.1 Å². The molecule has 61 heavy (non-hydrogen) atoms. The number of halogens is 1. The van der Waals surface area contributed by atoms with Crippen molar-refractivity contribution in [1.82, 2.24) is 4.31 Å². The number of benzene rings is 4. The first-order valence-electron chi connectivity index (χ1n) is 21.3. The van der Waals surface area contributed by atoms with Gasteiger partial charge < -0.3 is 28.7 Å². The van der Waals surface area contributed by atoms with E-state index in [2.05, 4.69) is 22.2 Å². The summed E-state index contributed by atoms with van der Waals surface area (Å²) in [5, 5.41) is 4.65. The molecule has 0 aromatic heterocycles. The van der Waals surface area contributed by atoms with E-state index in [1.54, 1.807) is 31.5 Å². The van der Waals surface area contributed by atoms with Crippen molar-refractivity contribution in [2.45, 2.75) is 88.1 Å². The minimum atomic E-state index is -3.72. The number of methoxy groups -OCH3 is 3. The third-order valence-electron chi connectivity index (χ3n) is 13.4. The Bertz CT molecular complexity index is 2290. The molecule has 8 rings (SSSR count). The molecule has 0 bridgehead atoms. The normalized spacial score (nSPS) is 22.5. The predicted molar refractivity (Wildman–Crippen MR) is 238 cm³/mol. The second-order valence-electron chi connectivity index (χ2n) is 17.1. The van der Waals surface area contributed by atoms with Crippen LogP contribution in [0.4, 0.5) is 5.69 Å². The Morgan fingerprint density at radius 1 is 0.951 bits per heavy atom. The number of sulfonamides is 1. The maximum absolute atomic E-state index is 14.3. The number of aryl methyl sites for hydroxylation is 1. The number of nitrogens with zero attached hydrogens (tertiary/aromatic N) is 3. The molecule has 324 valence electrons. The van der Waals surface area contributed by atoms with E-state index in [-0.39, 0.29) is 36.5 Å². The van der Waals surface area contributed by atoms with E-state index >= 15 is 0 Å². The Morgan fingerprint density at radius 3 is 2.30 bits per heavy atom. The van der Waals surface area contributed by atoms with Crippen molar-refractivity contribution in [3.63, 3.8) is 0 Å². The summed E-state index contributed by atoms with van der Waals surface area (Å²) in [6, 6.07) is 26.9. The average molecular weight is 871 g/mol. The largest absolute Gasteiger partial charge is 0.497 e. The number of rotatable bonds is 15. The minimum absolute atomic E-state index is 0.0714. The molecule has 2 heterocycles. The minimum Gasteiger partial charge on any atom is -0.497 e.